The third-order valence-electron chi connectivity index (χ3n) is 2.45. The van der Waals surface area contributed by atoms with Crippen LogP contribution in [0.25, 0.3) is 17.1 Å². The van der Waals surface area contributed by atoms with Crippen molar-refractivity contribution in [3.63, 3.8) is 0 Å². The van der Waals surface area contributed by atoms with Crippen molar-refractivity contribution < 1.29 is 0 Å². The van der Waals surface area contributed by atoms with Gasteiger partial charge in [0.2, 0.25) is 0 Å². The molecule has 2 heterocycles. The highest BCUT2D eigenvalue weighted by molar-refractivity contribution is 6.31. The summed E-state index contributed by atoms with van der Waals surface area (Å²) in [6.07, 6.45) is 4.74. The Morgan fingerprint density at radius 2 is 1.78 bits per heavy atom. The number of rotatable bonds is 2. The maximum absolute atomic E-state index is 6.03. The number of hydrogen-bond donors (Lipinski definition) is 0. The highest BCUT2D eigenvalue weighted by Gasteiger charge is 2.13. The molecule has 0 saturated carbocycles. The molecule has 1 aromatic carbocycles. The van der Waals surface area contributed by atoms with Gasteiger partial charge in [-0.05, 0) is 12.1 Å². The SMILES string of the molecule is Clc1nccnc1-c1cnnn1-c1ccccc1. The second-order valence-electron chi connectivity index (χ2n) is 3.56. The Morgan fingerprint density at radius 3 is 2.56 bits per heavy atom. The van der Waals surface area contributed by atoms with Gasteiger partial charge in [-0.25, -0.2) is 14.6 Å². The predicted octanol–water partition coefficient (Wildman–Crippen LogP) is 2.38. The van der Waals surface area contributed by atoms with E-state index in [0.717, 1.165) is 5.69 Å². The van der Waals surface area contributed by atoms with Gasteiger partial charge in [-0.3, -0.25) is 0 Å². The van der Waals surface area contributed by atoms with Gasteiger partial charge < -0.3 is 0 Å². The van der Waals surface area contributed by atoms with Crippen molar-refractivity contribution in [1.82, 2.24) is 25.0 Å². The lowest BCUT2D eigenvalue weighted by Gasteiger charge is -2.05. The topological polar surface area (TPSA) is 56.5 Å². The largest absolute Gasteiger partial charge is 0.250 e. The van der Waals surface area contributed by atoms with Gasteiger partial charge in [-0.15, -0.1) is 5.10 Å². The molecule has 0 aliphatic carbocycles. The smallest absolute Gasteiger partial charge is 0.156 e. The van der Waals surface area contributed by atoms with E-state index in [1.807, 2.05) is 30.3 Å². The van der Waals surface area contributed by atoms with E-state index in [1.165, 1.54) is 0 Å². The van der Waals surface area contributed by atoms with E-state index >= 15 is 0 Å². The van der Waals surface area contributed by atoms with E-state index in [-0.39, 0.29) is 0 Å². The summed E-state index contributed by atoms with van der Waals surface area (Å²) in [6, 6.07) is 9.67. The molecule has 3 aromatic rings. The van der Waals surface area contributed by atoms with Crippen LogP contribution in [0.2, 0.25) is 5.15 Å². The molecule has 0 spiro atoms. The van der Waals surface area contributed by atoms with Gasteiger partial charge in [-0.1, -0.05) is 35.0 Å². The lowest BCUT2D eigenvalue weighted by molar-refractivity contribution is 0.806. The van der Waals surface area contributed by atoms with E-state index in [9.17, 15) is 0 Å². The first-order valence-corrected chi connectivity index (χ1v) is 5.67. The Bertz CT molecular complexity index is 665. The molecule has 0 aliphatic heterocycles. The second kappa shape index (κ2) is 4.54. The Morgan fingerprint density at radius 1 is 1.00 bits per heavy atom. The van der Waals surface area contributed by atoms with Crippen molar-refractivity contribution in [2.75, 3.05) is 0 Å². The standard InChI is InChI=1S/C12H8ClN5/c13-12-11(14-6-7-15-12)10-8-16-17-18(10)9-4-2-1-3-5-9/h1-8H. The summed E-state index contributed by atoms with van der Waals surface area (Å²) in [4.78, 5) is 8.22. The molecule has 88 valence electrons. The van der Waals surface area contributed by atoms with Crippen LogP contribution in [0, 0.1) is 0 Å². The fourth-order valence-corrected chi connectivity index (χ4v) is 1.85. The average Bonchev–Trinajstić information content (AvgIpc) is 2.89. The summed E-state index contributed by atoms with van der Waals surface area (Å²) in [6.45, 7) is 0. The summed E-state index contributed by atoms with van der Waals surface area (Å²) in [5, 5.41) is 8.28. The first-order chi connectivity index (χ1) is 8.86. The lowest BCUT2D eigenvalue weighted by Crippen LogP contribution is -2.00. The number of hydrogen-bond acceptors (Lipinski definition) is 4. The van der Waals surface area contributed by atoms with E-state index in [2.05, 4.69) is 20.3 Å². The number of nitrogens with zero attached hydrogens (tertiary/aromatic N) is 5. The van der Waals surface area contributed by atoms with E-state index in [1.54, 1.807) is 23.3 Å². The fraction of sp³-hybridized carbons (Fsp3) is 0. The van der Waals surface area contributed by atoms with Gasteiger partial charge in [0, 0.05) is 12.4 Å². The van der Waals surface area contributed by atoms with Crippen LogP contribution in [-0.4, -0.2) is 25.0 Å². The van der Waals surface area contributed by atoms with Crippen LogP contribution < -0.4 is 0 Å². The van der Waals surface area contributed by atoms with Crippen LogP contribution in [0.3, 0.4) is 0 Å². The van der Waals surface area contributed by atoms with Gasteiger partial charge in [0.25, 0.3) is 0 Å². The highest BCUT2D eigenvalue weighted by Crippen LogP contribution is 2.24. The zero-order valence-electron chi connectivity index (χ0n) is 9.23. The van der Waals surface area contributed by atoms with Crippen molar-refractivity contribution in [3.8, 4) is 17.1 Å². The summed E-state index contributed by atoms with van der Waals surface area (Å²) in [7, 11) is 0. The van der Waals surface area contributed by atoms with Crippen LogP contribution in [0.5, 0.6) is 0 Å². The molecule has 0 fully saturated rings. The fourth-order valence-electron chi connectivity index (χ4n) is 1.65. The summed E-state index contributed by atoms with van der Waals surface area (Å²) < 4.78 is 1.68. The van der Waals surface area contributed by atoms with Gasteiger partial charge in [0.05, 0.1) is 11.9 Å². The zero-order valence-corrected chi connectivity index (χ0v) is 9.99. The van der Waals surface area contributed by atoms with Crippen molar-refractivity contribution in [2.45, 2.75) is 0 Å². The molecular formula is C12H8ClN5. The molecule has 0 amide bonds. The number of benzene rings is 1. The Hall–Kier alpha value is -2.27. The zero-order chi connectivity index (χ0) is 12.4. The molecule has 6 heteroatoms. The van der Waals surface area contributed by atoms with Crippen molar-refractivity contribution in [2.24, 2.45) is 0 Å². The molecule has 0 atom stereocenters. The van der Waals surface area contributed by atoms with Crippen molar-refractivity contribution >= 4 is 11.6 Å². The Balaban J connectivity index is 2.16. The van der Waals surface area contributed by atoms with Crippen LogP contribution >= 0.6 is 11.6 Å². The van der Waals surface area contributed by atoms with Crippen LogP contribution in [-0.2, 0) is 0 Å². The number of aromatic nitrogens is 5. The van der Waals surface area contributed by atoms with Gasteiger partial charge >= 0.3 is 0 Å². The van der Waals surface area contributed by atoms with E-state index in [0.29, 0.717) is 16.5 Å². The van der Waals surface area contributed by atoms with Gasteiger partial charge in [-0.2, -0.15) is 0 Å². The molecular weight excluding hydrogens is 250 g/mol. The molecule has 0 unspecified atom stereocenters. The first kappa shape index (κ1) is 10.9. The molecule has 0 aliphatic rings. The third-order valence-corrected chi connectivity index (χ3v) is 2.72. The summed E-state index contributed by atoms with van der Waals surface area (Å²) in [5.41, 5.74) is 2.17. The highest BCUT2D eigenvalue weighted by atomic mass is 35.5. The lowest BCUT2D eigenvalue weighted by atomic mass is 10.3. The molecule has 0 bridgehead atoms. The minimum absolute atomic E-state index is 0.331. The van der Waals surface area contributed by atoms with Crippen LogP contribution in [0.4, 0.5) is 0 Å². The van der Waals surface area contributed by atoms with Crippen LogP contribution in [0.1, 0.15) is 0 Å². The van der Waals surface area contributed by atoms with Gasteiger partial charge in [0.1, 0.15) is 11.4 Å². The Kier molecular flexibility index (Phi) is 2.74. The quantitative estimate of drug-likeness (QED) is 0.707. The van der Waals surface area contributed by atoms with Gasteiger partial charge in [0.15, 0.2) is 5.15 Å². The Labute approximate surface area is 108 Å². The third kappa shape index (κ3) is 1.84. The average molecular weight is 258 g/mol. The first-order valence-electron chi connectivity index (χ1n) is 5.29. The molecule has 3 rings (SSSR count). The number of halogens is 1. The second-order valence-corrected chi connectivity index (χ2v) is 3.92. The normalized spacial score (nSPS) is 10.5. The molecule has 0 N–H and O–H groups in total. The van der Waals surface area contributed by atoms with Crippen molar-refractivity contribution in [3.05, 3.63) is 54.1 Å². The molecule has 2 aromatic heterocycles. The van der Waals surface area contributed by atoms with E-state index < -0.39 is 0 Å². The molecule has 0 radical (unpaired) electrons. The minimum atomic E-state index is 0.331. The monoisotopic (exact) mass is 257 g/mol. The number of para-hydroxylation sites is 1. The maximum atomic E-state index is 6.03. The molecule has 5 nitrogen and oxygen atoms in total. The molecule has 0 saturated heterocycles. The minimum Gasteiger partial charge on any atom is -0.250 e. The summed E-state index contributed by atoms with van der Waals surface area (Å²) in [5.74, 6) is 0. The predicted molar refractivity (Wildman–Crippen MR) is 67.4 cm³/mol. The molecule has 18 heavy (non-hydrogen) atoms. The summed E-state index contributed by atoms with van der Waals surface area (Å²) >= 11 is 6.03. The van der Waals surface area contributed by atoms with Crippen molar-refractivity contribution in [1.29, 1.82) is 0 Å². The maximum Gasteiger partial charge on any atom is 0.156 e. The van der Waals surface area contributed by atoms with E-state index in [4.69, 9.17) is 11.6 Å². The van der Waals surface area contributed by atoms with Crippen LogP contribution in [0.15, 0.2) is 48.9 Å².